The van der Waals surface area contributed by atoms with Crippen LogP contribution in [0.3, 0.4) is 0 Å². The minimum absolute atomic E-state index is 0.263. The topological polar surface area (TPSA) is 220 Å². The summed E-state index contributed by atoms with van der Waals surface area (Å²) in [5.41, 5.74) is 5.31. The summed E-state index contributed by atoms with van der Waals surface area (Å²) in [7, 11) is -4.08. The van der Waals surface area contributed by atoms with E-state index in [2.05, 4.69) is 40.2 Å². The number of nitrogens with zero attached hydrogens (tertiary/aromatic N) is 7. The molecule has 0 aliphatic rings. The summed E-state index contributed by atoms with van der Waals surface area (Å²) in [6.45, 7) is 7.87. The van der Waals surface area contributed by atoms with E-state index >= 15 is 0 Å². The molecule has 6 heterocycles. The van der Waals surface area contributed by atoms with Crippen LogP contribution in [0.5, 0.6) is 11.6 Å². The molecule has 0 aliphatic carbocycles. The van der Waals surface area contributed by atoms with E-state index < -0.39 is 14.7 Å². The normalized spacial score (nSPS) is 12.8. The highest BCUT2D eigenvalue weighted by Gasteiger charge is 2.22. The molecule has 17 nitrogen and oxygen atoms in total. The molecule has 9 rings (SSSR count). The monoisotopic (exact) mass is 964 g/mol. The maximum Gasteiger partial charge on any atom is 0.262 e. The zero-order valence-electron chi connectivity index (χ0n) is 38.2. The maximum atomic E-state index is 12.7. The number of hydrogen-bond donors (Lipinski definition) is 1. The van der Waals surface area contributed by atoms with Crippen molar-refractivity contribution in [1.82, 2.24) is 40.2 Å². The van der Waals surface area contributed by atoms with Gasteiger partial charge in [0.15, 0.2) is 23.2 Å². The Morgan fingerprint density at radius 2 is 1.14 bits per heavy atom. The van der Waals surface area contributed by atoms with Gasteiger partial charge in [-0.25, -0.2) is 9.97 Å². The third-order valence-electron chi connectivity index (χ3n) is 10.5. The third-order valence-corrected chi connectivity index (χ3v) is 14.4. The zero-order valence-corrected chi connectivity index (χ0v) is 40.0. The van der Waals surface area contributed by atoms with Crippen LogP contribution in [0.15, 0.2) is 160 Å². The van der Waals surface area contributed by atoms with Crippen molar-refractivity contribution in [2.45, 2.75) is 20.5 Å². The van der Waals surface area contributed by atoms with E-state index in [1.807, 2.05) is 67.6 Å². The number of ether oxygens (including phenoxy) is 2. The van der Waals surface area contributed by atoms with Crippen LogP contribution < -0.4 is 25.6 Å². The first-order valence-electron chi connectivity index (χ1n) is 21.6. The van der Waals surface area contributed by atoms with Crippen molar-refractivity contribution in [3.05, 3.63) is 162 Å². The van der Waals surface area contributed by atoms with Gasteiger partial charge in [-0.2, -0.15) is 4.98 Å². The molecular weight excluding hydrogens is 919 g/mol. The Bertz CT molecular complexity index is 3300. The van der Waals surface area contributed by atoms with Crippen molar-refractivity contribution in [3.8, 4) is 79.8 Å². The van der Waals surface area contributed by atoms with E-state index in [1.165, 1.54) is 6.20 Å². The molecule has 2 unspecified atom stereocenters. The van der Waals surface area contributed by atoms with Gasteiger partial charge >= 0.3 is 0 Å². The van der Waals surface area contributed by atoms with Crippen LogP contribution in [-0.4, -0.2) is 73.9 Å². The number of nitrogens with one attached hydrogen (secondary N) is 1. The van der Waals surface area contributed by atoms with E-state index in [1.54, 1.807) is 107 Å². The number of pyridine rings is 2. The van der Waals surface area contributed by atoms with Crippen LogP contribution in [-0.2, 0) is 24.8 Å². The second kappa shape index (κ2) is 21.5. The fourth-order valence-corrected chi connectivity index (χ4v) is 9.53. The lowest BCUT2D eigenvalue weighted by Crippen LogP contribution is -2.11. The smallest absolute Gasteiger partial charge is 0.262 e. The highest BCUT2D eigenvalue weighted by Crippen LogP contribution is 2.42. The summed E-state index contributed by atoms with van der Waals surface area (Å²) in [5, 5.41) is 9.55. The number of rotatable bonds is 16. The molecule has 350 valence electrons. The first-order chi connectivity index (χ1) is 33.4. The molecule has 0 spiro atoms. The summed E-state index contributed by atoms with van der Waals surface area (Å²) >= 11 is 0. The largest absolute Gasteiger partial charge is 0.497 e. The molecule has 0 radical (unpaired) electrons. The Morgan fingerprint density at radius 1 is 0.609 bits per heavy atom. The first-order valence-corrected chi connectivity index (χ1v) is 25.7. The number of H-pyrrole nitrogens is 1. The molecule has 0 saturated heterocycles. The summed E-state index contributed by atoms with van der Waals surface area (Å²) < 4.78 is 58.5. The van der Waals surface area contributed by atoms with E-state index in [0.29, 0.717) is 81.2 Å². The Labute approximate surface area is 396 Å². The van der Waals surface area contributed by atoms with Crippen LogP contribution in [0.4, 0.5) is 0 Å². The summed E-state index contributed by atoms with van der Waals surface area (Å²) in [4.78, 5) is 37.2. The van der Waals surface area contributed by atoms with Gasteiger partial charge in [0, 0.05) is 72.0 Å². The lowest BCUT2D eigenvalue weighted by molar-refractivity contribution is 0.293. The van der Waals surface area contributed by atoms with E-state index in [-0.39, 0.29) is 17.7 Å². The van der Waals surface area contributed by atoms with E-state index in [9.17, 15) is 13.9 Å². The quantitative estimate of drug-likeness (QED) is 0.0890. The average molecular weight is 965 g/mol. The van der Waals surface area contributed by atoms with Crippen molar-refractivity contribution >= 4 is 25.3 Å². The van der Waals surface area contributed by atoms with E-state index in [0.717, 1.165) is 22.4 Å². The summed E-state index contributed by atoms with van der Waals surface area (Å²) in [6, 6.07) is 36.3. The fourth-order valence-electron chi connectivity index (χ4n) is 6.86. The predicted molar refractivity (Wildman–Crippen MR) is 262 cm³/mol. The predicted octanol–water partition coefficient (Wildman–Crippen LogP) is 9.74. The van der Waals surface area contributed by atoms with Crippen LogP contribution in [0.1, 0.15) is 19.4 Å². The van der Waals surface area contributed by atoms with Crippen molar-refractivity contribution in [3.63, 3.8) is 0 Å². The Balaban J connectivity index is 0.000000192. The standard InChI is InChI=1S/C29H27N4O5P.C21H19N4O4P/c1-4-37-39(3,34)23-14-10-21(11-15-23)26-17-27(38-33-26)24-18-31-28(25-7-5-6-16-30-25)32-29(24)36-19-20-8-12-22(35-2)13-9-20;1-3-28-30(2,27)15-9-7-14(8-10-15)18-12-19(29-25-18)16-13-23-20(24-21(16)26)17-6-4-5-11-22-17/h5-18H,4,19H2,1-3H3;4-13H,3H2,1-2H3,(H,23,24,26). The number of aromatic nitrogens is 8. The number of methoxy groups -OCH3 is 1. The number of hydrogen-bond acceptors (Lipinski definition) is 16. The molecule has 0 amide bonds. The van der Waals surface area contributed by atoms with Gasteiger partial charge in [0.1, 0.15) is 46.3 Å². The van der Waals surface area contributed by atoms with Crippen molar-refractivity contribution in [2.75, 3.05) is 33.7 Å². The fraction of sp³-hybridized carbons (Fsp3) is 0.160. The Kier molecular flexibility index (Phi) is 14.9. The van der Waals surface area contributed by atoms with Gasteiger partial charge < -0.3 is 32.6 Å². The van der Waals surface area contributed by atoms with Gasteiger partial charge in [-0.1, -0.05) is 58.8 Å². The van der Waals surface area contributed by atoms with Crippen molar-refractivity contribution < 1.29 is 36.7 Å². The zero-order chi connectivity index (χ0) is 48.4. The first kappa shape index (κ1) is 47.8. The SMILES string of the molecule is CCOP(C)(=O)c1ccc(-c2cc(-c3cnc(-c4ccccn4)[nH]c3=O)on2)cc1.CCOP(C)(=O)c1ccc(-c2cc(-c3cnc(-c4ccccn4)nc3OCc3ccc(OC)cc3)on2)cc1. The number of aromatic amines is 1. The molecule has 2 atom stereocenters. The van der Waals surface area contributed by atoms with Crippen LogP contribution >= 0.6 is 14.7 Å². The van der Waals surface area contributed by atoms with Gasteiger partial charge in [-0.3, -0.25) is 23.9 Å². The van der Waals surface area contributed by atoms with Crippen LogP contribution in [0.25, 0.3) is 68.2 Å². The van der Waals surface area contributed by atoms with Gasteiger partial charge in [-0.05, 0) is 80.1 Å². The summed E-state index contributed by atoms with van der Waals surface area (Å²) in [6.07, 6.45) is 6.39. The van der Waals surface area contributed by atoms with Crippen LogP contribution in [0, 0.1) is 0 Å². The van der Waals surface area contributed by atoms with Crippen LogP contribution in [0.2, 0.25) is 0 Å². The highest BCUT2D eigenvalue weighted by molar-refractivity contribution is 7.66. The van der Waals surface area contributed by atoms with Gasteiger partial charge in [0.05, 0.1) is 20.3 Å². The molecule has 0 bridgehead atoms. The van der Waals surface area contributed by atoms with Crippen molar-refractivity contribution in [2.24, 2.45) is 0 Å². The minimum atomic E-state index is -2.86. The second-order valence-electron chi connectivity index (χ2n) is 15.2. The van der Waals surface area contributed by atoms with Crippen molar-refractivity contribution in [1.29, 1.82) is 0 Å². The lowest BCUT2D eigenvalue weighted by atomic mass is 10.1. The molecule has 0 aliphatic heterocycles. The molecule has 1 N–H and O–H groups in total. The molecule has 19 heteroatoms. The molecule has 3 aromatic carbocycles. The highest BCUT2D eigenvalue weighted by atomic mass is 31.2. The minimum Gasteiger partial charge on any atom is -0.497 e. The maximum absolute atomic E-state index is 12.7. The molecular formula is C50H46N8O9P2. The van der Waals surface area contributed by atoms with E-state index in [4.69, 9.17) is 27.6 Å². The van der Waals surface area contributed by atoms with Gasteiger partial charge in [-0.15, -0.1) is 0 Å². The Hall–Kier alpha value is -7.68. The molecule has 9 aromatic rings. The summed E-state index contributed by atoms with van der Waals surface area (Å²) in [5.74, 6) is 2.65. The third kappa shape index (κ3) is 11.5. The second-order valence-corrected chi connectivity index (χ2v) is 20.2. The molecule has 0 saturated carbocycles. The Morgan fingerprint density at radius 3 is 1.65 bits per heavy atom. The number of benzene rings is 3. The molecule has 0 fully saturated rings. The lowest BCUT2D eigenvalue weighted by Gasteiger charge is -2.12. The average Bonchev–Trinajstić information content (AvgIpc) is 4.08. The van der Waals surface area contributed by atoms with Gasteiger partial charge in [0.25, 0.3) is 5.56 Å². The molecule has 69 heavy (non-hydrogen) atoms. The van der Waals surface area contributed by atoms with Gasteiger partial charge in [0.2, 0.25) is 20.6 Å². The molecule has 6 aromatic heterocycles.